The molecule has 0 radical (unpaired) electrons. The third-order valence-electron chi connectivity index (χ3n) is 4.39. The van der Waals surface area contributed by atoms with Crippen molar-refractivity contribution in [2.45, 2.75) is 32.9 Å². The molecule has 5 nitrogen and oxygen atoms in total. The van der Waals surface area contributed by atoms with Gasteiger partial charge < -0.3 is 9.64 Å². The number of fused-ring (bicyclic) bond motifs is 1. The van der Waals surface area contributed by atoms with E-state index < -0.39 is 0 Å². The molecule has 1 unspecified atom stereocenters. The Morgan fingerprint density at radius 2 is 2.09 bits per heavy atom. The fraction of sp³-hybridized carbons (Fsp3) is 0.444. The van der Waals surface area contributed by atoms with Crippen LogP contribution in [0.3, 0.4) is 0 Å². The summed E-state index contributed by atoms with van der Waals surface area (Å²) in [4.78, 5) is 14.5. The first-order valence-corrected chi connectivity index (χ1v) is 8.12. The zero-order valence-corrected chi connectivity index (χ0v) is 14.0. The summed E-state index contributed by atoms with van der Waals surface area (Å²) in [6.45, 7) is 6.02. The number of likely N-dealkylation sites (N-methyl/N-ethyl adjacent to an activating group) is 1. The number of aromatic nitrogens is 2. The minimum atomic E-state index is -0.321. The molecule has 0 aliphatic carbocycles. The van der Waals surface area contributed by atoms with Crippen LogP contribution >= 0.6 is 0 Å². The molecule has 1 aromatic heterocycles. The predicted octanol–water partition coefficient (Wildman–Crippen LogP) is 2.66. The minimum absolute atomic E-state index is 0.0940. The molecule has 1 aliphatic heterocycles. The minimum Gasteiger partial charge on any atom is -0.461 e. The van der Waals surface area contributed by atoms with Crippen LogP contribution < -0.4 is 0 Å². The molecule has 122 valence electrons. The number of carbonyl (C=O) groups is 1. The molecule has 0 amide bonds. The molecule has 0 saturated carbocycles. The zero-order valence-electron chi connectivity index (χ0n) is 14.0. The topological polar surface area (TPSA) is 47.4 Å². The lowest BCUT2D eigenvalue weighted by Gasteiger charge is -2.25. The molecule has 2 heterocycles. The van der Waals surface area contributed by atoms with Crippen LogP contribution in [-0.2, 0) is 17.7 Å². The van der Waals surface area contributed by atoms with Gasteiger partial charge in [0.1, 0.15) is 0 Å². The normalized spacial score (nSPS) is 16.0. The van der Waals surface area contributed by atoms with E-state index in [4.69, 9.17) is 4.74 Å². The number of hydrogen-bond acceptors (Lipinski definition) is 4. The fourth-order valence-electron chi connectivity index (χ4n) is 3.14. The van der Waals surface area contributed by atoms with Crippen LogP contribution in [0, 0.1) is 0 Å². The Labute approximate surface area is 136 Å². The quantitative estimate of drug-likeness (QED) is 0.814. The van der Waals surface area contributed by atoms with Gasteiger partial charge >= 0.3 is 5.97 Å². The molecule has 0 N–H and O–H groups in total. The molecule has 0 saturated heterocycles. The third kappa shape index (κ3) is 3.01. The van der Waals surface area contributed by atoms with Crippen molar-refractivity contribution < 1.29 is 9.53 Å². The van der Waals surface area contributed by atoms with E-state index in [0.29, 0.717) is 12.3 Å². The van der Waals surface area contributed by atoms with Crippen molar-refractivity contribution in [2.75, 3.05) is 20.2 Å². The van der Waals surface area contributed by atoms with E-state index in [0.717, 1.165) is 30.8 Å². The van der Waals surface area contributed by atoms with Gasteiger partial charge in [-0.05, 0) is 26.5 Å². The highest BCUT2D eigenvalue weighted by molar-refractivity contribution is 5.89. The first-order valence-electron chi connectivity index (χ1n) is 8.12. The summed E-state index contributed by atoms with van der Waals surface area (Å²) in [5.41, 5.74) is 3.82. The van der Waals surface area contributed by atoms with Crippen LogP contribution in [0.2, 0.25) is 0 Å². The lowest BCUT2D eigenvalue weighted by Crippen LogP contribution is -2.28. The van der Waals surface area contributed by atoms with Gasteiger partial charge in [0.2, 0.25) is 0 Å². The summed E-state index contributed by atoms with van der Waals surface area (Å²) in [7, 11) is 2.07. The van der Waals surface area contributed by atoms with Crippen LogP contribution in [0.1, 0.15) is 47.2 Å². The van der Waals surface area contributed by atoms with E-state index in [1.165, 1.54) is 5.56 Å². The van der Waals surface area contributed by atoms with E-state index in [1.54, 1.807) is 0 Å². The molecular formula is C18H23N3O2. The number of nitrogens with zero attached hydrogens (tertiary/aromatic N) is 3. The van der Waals surface area contributed by atoms with Crippen LogP contribution in [0.25, 0.3) is 0 Å². The van der Waals surface area contributed by atoms with Gasteiger partial charge in [-0.15, -0.1) is 0 Å². The van der Waals surface area contributed by atoms with E-state index >= 15 is 0 Å². The Balaban J connectivity index is 2.04. The van der Waals surface area contributed by atoms with Crippen molar-refractivity contribution in [1.82, 2.24) is 14.7 Å². The maximum atomic E-state index is 12.3. The van der Waals surface area contributed by atoms with E-state index in [-0.39, 0.29) is 12.0 Å². The first kappa shape index (κ1) is 15.7. The Kier molecular flexibility index (Phi) is 4.48. The lowest BCUT2D eigenvalue weighted by atomic mass is 10.0. The van der Waals surface area contributed by atoms with Gasteiger partial charge in [-0.2, -0.15) is 5.10 Å². The Morgan fingerprint density at radius 1 is 1.35 bits per heavy atom. The van der Waals surface area contributed by atoms with Gasteiger partial charge in [-0.25, -0.2) is 4.79 Å². The number of ether oxygens (including phenoxy) is 1. The summed E-state index contributed by atoms with van der Waals surface area (Å²) in [6, 6.07) is 10.4. The molecule has 2 aromatic rings. The maximum Gasteiger partial charge on any atom is 0.359 e. The van der Waals surface area contributed by atoms with E-state index in [1.807, 2.05) is 29.8 Å². The van der Waals surface area contributed by atoms with Gasteiger partial charge in [0.05, 0.1) is 12.6 Å². The van der Waals surface area contributed by atoms with Crippen LogP contribution in [0.15, 0.2) is 30.3 Å². The molecule has 0 spiro atoms. The number of hydrogen-bond donors (Lipinski definition) is 0. The van der Waals surface area contributed by atoms with Gasteiger partial charge in [-0.3, -0.25) is 4.68 Å². The number of carbonyl (C=O) groups excluding carboxylic acids is 1. The molecule has 5 heteroatoms. The second-order valence-electron chi connectivity index (χ2n) is 6.01. The molecule has 1 aliphatic rings. The Morgan fingerprint density at radius 3 is 2.78 bits per heavy atom. The van der Waals surface area contributed by atoms with Crippen molar-refractivity contribution in [3.8, 4) is 0 Å². The highest BCUT2D eigenvalue weighted by Gasteiger charge is 2.29. The molecule has 3 rings (SSSR count). The highest BCUT2D eigenvalue weighted by Crippen LogP contribution is 2.27. The highest BCUT2D eigenvalue weighted by atomic mass is 16.5. The average molecular weight is 313 g/mol. The second kappa shape index (κ2) is 6.54. The number of esters is 1. The van der Waals surface area contributed by atoms with Gasteiger partial charge in [0, 0.05) is 30.8 Å². The van der Waals surface area contributed by atoms with Crippen LogP contribution in [-0.4, -0.2) is 40.8 Å². The average Bonchev–Trinajstić information content (AvgIpc) is 2.94. The van der Waals surface area contributed by atoms with Crippen molar-refractivity contribution >= 4 is 5.97 Å². The zero-order chi connectivity index (χ0) is 16.4. The summed E-state index contributed by atoms with van der Waals surface area (Å²) in [6.07, 6.45) is 0.898. The van der Waals surface area contributed by atoms with Crippen LogP contribution in [0.5, 0.6) is 0 Å². The molecule has 1 aromatic carbocycles. The van der Waals surface area contributed by atoms with Crippen molar-refractivity contribution in [3.05, 3.63) is 52.8 Å². The lowest BCUT2D eigenvalue weighted by molar-refractivity contribution is 0.0516. The van der Waals surface area contributed by atoms with Crippen molar-refractivity contribution in [2.24, 2.45) is 0 Å². The molecule has 23 heavy (non-hydrogen) atoms. The molecule has 0 bridgehead atoms. The molecular weight excluding hydrogens is 290 g/mol. The Bertz CT molecular complexity index is 694. The fourth-order valence-corrected chi connectivity index (χ4v) is 3.14. The summed E-state index contributed by atoms with van der Waals surface area (Å²) in [5.74, 6) is -0.321. The number of rotatable bonds is 4. The molecule has 0 fully saturated rings. The number of benzene rings is 1. The smallest absolute Gasteiger partial charge is 0.359 e. The standard InChI is InChI=1S/C18H23N3O2/c1-4-23-18(22)17-15-12-20(3)11-10-16(15)21(19-17)13(2)14-8-6-5-7-9-14/h5-9,13H,4,10-12H2,1-3H3. The maximum absolute atomic E-state index is 12.3. The van der Waals surface area contributed by atoms with Gasteiger partial charge in [0.25, 0.3) is 0 Å². The van der Waals surface area contributed by atoms with Gasteiger partial charge in [-0.1, -0.05) is 30.3 Å². The third-order valence-corrected chi connectivity index (χ3v) is 4.39. The predicted molar refractivity (Wildman–Crippen MR) is 88.5 cm³/mol. The van der Waals surface area contributed by atoms with E-state index in [2.05, 4.69) is 36.1 Å². The van der Waals surface area contributed by atoms with Crippen molar-refractivity contribution in [1.29, 1.82) is 0 Å². The summed E-state index contributed by atoms with van der Waals surface area (Å²) >= 11 is 0. The monoisotopic (exact) mass is 313 g/mol. The van der Waals surface area contributed by atoms with Crippen molar-refractivity contribution in [3.63, 3.8) is 0 Å². The second-order valence-corrected chi connectivity index (χ2v) is 6.01. The SMILES string of the molecule is CCOC(=O)c1nn(C(C)c2ccccc2)c2c1CN(C)CC2. The van der Waals surface area contributed by atoms with E-state index in [9.17, 15) is 4.79 Å². The summed E-state index contributed by atoms with van der Waals surface area (Å²) < 4.78 is 7.20. The Hall–Kier alpha value is -2.14. The van der Waals surface area contributed by atoms with Crippen LogP contribution in [0.4, 0.5) is 0 Å². The van der Waals surface area contributed by atoms with Gasteiger partial charge in [0.15, 0.2) is 5.69 Å². The first-order chi connectivity index (χ1) is 11.1. The summed E-state index contributed by atoms with van der Waals surface area (Å²) in [5, 5.41) is 4.64. The molecule has 1 atom stereocenters. The largest absolute Gasteiger partial charge is 0.461 e.